The van der Waals surface area contributed by atoms with Crippen molar-refractivity contribution >= 4 is 21.2 Å². The zero-order chi connectivity index (χ0) is 20.9. The van der Waals surface area contributed by atoms with Crippen LogP contribution in [0.2, 0.25) is 0 Å². The molecule has 3 aromatic rings. The predicted molar refractivity (Wildman–Crippen MR) is 114 cm³/mol. The first kappa shape index (κ1) is 18.8. The fourth-order valence-corrected chi connectivity index (χ4v) is 4.50. The summed E-state index contributed by atoms with van der Waals surface area (Å²) in [7, 11) is -3.26. The van der Waals surface area contributed by atoms with Crippen molar-refractivity contribution in [3.05, 3.63) is 82.9 Å². The van der Waals surface area contributed by atoms with Gasteiger partial charge < -0.3 is 14.2 Å². The van der Waals surface area contributed by atoms with Gasteiger partial charge in [-0.1, -0.05) is 18.2 Å². The molecule has 0 fully saturated rings. The van der Waals surface area contributed by atoms with E-state index in [1.54, 1.807) is 24.3 Å². The van der Waals surface area contributed by atoms with E-state index < -0.39 is 9.84 Å². The standard InChI is InChI=1S/C24H20O5S/c1-15-11-18(13-22-23(15)28-14-27-22)20-12-17-5-3-4-6-21(17)29-24(20)16-7-9-19(10-8-16)30(2,25)26/h3-11,13H,12,14H2,1-2H3. The normalized spacial score (nSPS) is 15.0. The van der Waals surface area contributed by atoms with E-state index in [4.69, 9.17) is 14.2 Å². The van der Waals surface area contributed by atoms with Crippen LogP contribution in [0.3, 0.4) is 0 Å². The molecule has 152 valence electrons. The molecule has 0 saturated carbocycles. The maximum absolute atomic E-state index is 11.8. The van der Waals surface area contributed by atoms with E-state index in [9.17, 15) is 8.42 Å². The topological polar surface area (TPSA) is 61.8 Å². The Bertz CT molecular complexity index is 1290. The summed E-state index contributed by atoms with van der Waals surface area (Å²) < 4.78 is 41.2. The summed E-state index contributed by atoms with van der Waals surface area (Å²) in [6.07, 6.45) is 1.90. The maximum Gasteiger partial charge on any atom is 0.231 e. The molecule has 0 N–H and O–H groups in total. The smallest absolute Gasteiger partial charge is 0.231 e. The number of ether oxygens (including phenoxy) is 3. The number of sulfone groups is 1. The second kappa shape index (κ2) is 6.92. The van der Waals surface area contributed by atoms with Gasteiger partial charge in [-0.25, -0.2) is 8.42 Å². The van der Waals surface area contributed by atoms with Crippen LogP contribution < -0.4 is 14.2 Å². The highest BCUT2D eigenvalue weighted by molar-refractivity contribution is 7.90. The monoisotopic (exact) mass is 420 g/mol. The minimum Gasteiger partial charge on any atom is -0.456 e. The second-order valence-electron chi connectivity index (χ2n) is 7.52. The third kappa shape index (κ3) is 3.23. The molecule has 2 aliphatic heterocycles. The summed E-state index contributed by atoms with van der Waals surface area (Å²) in [5.41, 5.74) is 4.93. The zero-order valence-corrected chi connectivity index (χ0v) is 17.5. The van der Waals surface area contributed by atoms with Crippen molar-refractivity contribution in [1.82, 2.24) is 0 Å². The van der Waals surface area contributed by atoms with Crippen LogP contribution in [0.4, 0.5) is 0 Å². The van der Waals surface area contributed by atoms with E-state index in [-0.39, 0.29) is 11.7 Å². The molecule has 2 heterocycles. The van der Waals surface area contributed by atoms with Gasteiger partial charge in [-0.15, -0.1) is 0 Å². The van der Waals surface area contributed by atoms with Crippen molar-refractivity contribution in [2.45, 2.75) is 18.2 Å². The summed E-state index contributed by atoms with van der Waals surface area (Å²) in [5, 5.41) is 0. The quantitative estimate of drug-likeness (QED) is 0.618. The third-order valence-corrected chi connectivity index (χ3v) is 6.51. The molecule has 0 aromatic heterocycles. The molecule has 5 nitrogen and oxygen atoms in total. The molecule has 0 bridgehead atoms. The van der Waals surface area contributed by atoms with Gasteiger partial charge in [0, 0.05) is 23.8 Å². The zero-order valence-electron chi connectivity index (χ0n) is 16.6. The van der Waals surface area contributed by atoms with E-state index in [2.05, 4.69) is 12.1 Å². The molecular weight excluding hydrogens is 400 g/mol. The molecule has 5 rings (SSSR count). The lowest BCUT2D eigenvalue weighted by atomic mass is 9.91. The lowest BCUT2D eigenvalue weighted by Gasteiger charge is -2.24. The summed E-state index contributed by atoms with van der Waals surface area (Å²) in [6, 6.07) is 18.8. The van der Waals surface area contributed by atoms with Crippen LogP contribution in [0.1, 0.15) is 22.3 Å². The van der Waals surface area contributed by atoms with Gasteiger partial charge in [0.15, 0.2) is 21.3 Å². The van der Waals surface area contributed by atoms with Crippen molar-refractivity contribution < 1.29 is 22.6 Å². The first-order valence-corrected chi connectivity index (χ1v) is 11.5. The number of rotatable bonds is 3. The van der Waals surface area contributed by atoms with Crippen molar-refractivity contribution in [3.63, 3.8) is 0 Å². The van der Waals surface area contributed by atoms with Crippen molar-refractivity contribution in [2.24, 2.45) is 0 Å². The Labute approximate surface area is 175 Å². The minimum atomic E-state index is -3.26. The van der Waals surface area contributed by atoms with Crippen LogP contribution >= 0.6 is 0 Å². The Morgan fingerprint density at radius 1 is 0.867 bits per heavy atom. The van der Waals surface area contributed by atoms with Gasteiger partial charge in [-0.2, -0.15) is 0 Å². The Balaban J connectivity index is 1.67. The second-order valence-corrected chi connectivity index (χ2v) is 9.53. The first-order chi connectivity index (χ1) is 14.4. The Morgan fingerprint density at radius 3 is 2.40 bits per heavy atom. The molecule has 30 heavy (non-hydrogen) atoms. The van der Waals surface area contributed by atoms with E-state index in [0.717, 1.165) is 45.1 Å². The van der Waals surface area contributed by atoms with Crippen LogP contribution in [0.15, 0.2) is 65.6 Å². The van der Waals surface area contributed by atoms with Crippen LogP contribution in [0.5, 0.6) is 17.2 Å². The van der Waals surface area contributed by atoms with Crippen LogP contribution in [0, 0.1) is 6.92 Å². The first-order valence-electron chi connectivity index (χ1n) is 9.60. The van der Waals surface area contributed by atoms with Crippen LogP contribution in [0.25, 0.3) is 11.3 Å². The molecule has 2 aliphatic rings. The molecule has 3 aromatic carbocycles. The van der Waals surface area contributed by atoms with Gasteiger partial charge in [0.1, 0.15) is 11.5 Å². The number of para-hydroxylation sites is 1. The molecule has 0 saturated heterocycles. The molecule has 0 radical (unpaired) electrons. The van der Waals surface area contributed by atoms with Crippen molar-refractivity contribution in [1.29, 1.82) is 0 Å². The number of hydrogen-bond donors (Lipinski definition) is 0. The molecule has 0 aliphatic carbocycles. The molecule has 0 amide bonds. The van der Waals surface area contributed by atoms with Gasteiger partial charge in [-0.05, 0) is 66.1 Å². The van der Waals surface area contributed by atoms with Gasteiger partial charge in [0.2, 0.25) is 6.79 Å². The van der Waals surface area contributed by atoms with Crippen LogP contribution in [-0.4, -0.2) is 21.5 Å². The molecular formula is C24H20O5S. The fraction of sp³-hybridized carbons (Fsp3) is 0.167. The summed E-state index contributed by atoms with van der Waals surface area (Å²) in [6.45, 7) is 2.22. The summed E-state index contributed by atoms with van der Waals surface area (Å²) >= 11 is 0. The average Bonchev–Trinajstić information content (AvgIpc) is 3.22. The largest absolute Gasteiger partial charge is 0.456 e. The highest BCUT2D eigenvalue weighted by atomic mass is 32.2. The number of benzene rings is 3. The van der Waals surface area contributed by atoms with E-state index in [0.29, 0.717) is 12.2 Å². The van der Waals surface area contributed by atoms with Crippen molar-refractivity contribution in [3.8, 4) is 17.2 Å². The molecule has 0 atom stereocenters. The van der Waals surface area contributed by atoms with Crippen molar-refractivity contribution in [2.75, 3.05) is 13.0 Å². The van der Waals surface area contributed by atoms with Gasteiger partial charge in [0.05, 0.1) is 4.90 Å². The van der Waals surface area contributed by atoms with E-state index >= 15 is 0 Å². The lowest BCUT2D eigenvalue weighted by molar-refractivity contribution is 0.173. The third-order valence-electron chi connectivity index (χ3n) is 5.38. The Morgan fingerprint density at radius 2 is 1.63 bits per heavy atom. The van der Waals surface area contributed by atoms with Gasteiger partial charge in [0.25, 0.3) is 0 Å². The fourth-order valence-electron chi connectivity index (χ4n) is 3.87. The highest BCUT2D eigenvalue weighted by Crippen LogP contribution is 2.43. The van der Waals surface area contributed by atoms with Gasteiger partial charge in [-0.3, -0.25) is 0 Å². The Kier molecular flexibility index (Phi) is 4.33. The average molecular weight is 420 g/mol. The lowest BCUT2D eigenvalue weighted by Crippen LogP contribution is -2.10. The van der Waals surface area contributed by atoms with Gasteiger partial charge >= 0.3 is 0 Å². The summed E-state index contributed by atoms with van der Waals surface area (Å²) in [5.74, 6) is 3.02. The van der Waals surface area contributed by atoms with E-state index in [1.807, 2.05) is 31.2 Å². The minimum absolute atomic E-state index is 0.220. The number of allylic oxidation sites excluding steroid dienone is 1. The summed E-state index contributed by atoms with van der Waals surface area (Å²) in [4.78, 5) is 0.281. The van der Waals surface area contributed by atoms with Crippen LogP contribution in [-0.2, 0) is 16.3 Å². The van der Waals surface area contributed by atoms with E-state index in [1.165, 1.54) is 6.26 Å². The maximum atomic E-state index is 11.8. The number of fused-ring (bicyclic) bond motifs is 2. The predicted octanol–water partition coefficient (Wildman–Crippen LogP) is 4.63. The Hall–Kier alpha value is -3.25. The number of hydrogen-bond acceptors (Lipinski definition) is 5. The number of aryl methyl sites for hydroxylation is 1. The molecule has 0 unspecified atom stereocenters. The SMILES string of the molecule is Cc1cc(C2=C(c3ccc(S(C)(=O)=O)cc3)Oc3ccccc3C2)cc2c1OCO2. The highest BCUT2D eigenvalue weighted by Gasteiger charge is 2.25. The molecule has 0 spiro atoms. The molecule has 6 heteroatoms.